The summed E-state index contributed by atoms with van der Waals surface area (Å²) in [4.78, 5) is 0. The van der Waals surface area contributed by atoms with Crippen LogP contribution in [0.15, 0.2) is 12.3 Å². The first-order chi connectivity index (χ1) is 10.3. The lowest BCUT2D eigenvalue weighted by atomic mass is 9.70. The van der Waals surface area contributed by atoms with Gasteiger partial charge in [-0.25, -0.2) is 0 Å². The highest BCUT2D eigenvalue weighted by molar-refractivity contribution is 4.84. The predicted molar refractivity (Wildman–Crippen MR) is 91.2 cm³/mol. The van der Waals surface area contributed by atoms with Crippen LogP contribution in [0.2, 0.25) is 0 Å². The highest BCUT2D eigenvalue weighted by Crippen LogP contribution is 2.41. The summed E-state index contributed by atoms with van der Waals surface area (Å²) in [6.07, 6.45) is 21.3. The molecule has 0 spiro atoms. The molecule has 0 amide bonds. The van der Waals surface area contributed by atoms with Crippen LogP contribution in [-0.2, 0) is 4.74 Å². The molecule has 122 valence electrons. The summed E-state index contributed by atoms with van der Waals surface area (Å²) in [7, 11) is 0. The second-order valence-electron chi connectivity index (χ2n) is 7.41. The van der Waals surface area contributed by atoms with Crippen molar-refractivity contribution >= 4 is 0 Å². The van der Waals surface area contributed by atoms with Crippen molar-refractivity contribution < 1.29 is 4.74 Å². The third-order valence-electron chi connectivity index (χ3n) is 5.74. The molecule has 0 N–H and O–H groups in total. The van der Waals surface area contributed by atoms with Gasteiger partial charge in [-0.3, -0.25) is 0 Å². The van der Waals surface area contributed by atoms with Crippen LogP contribution in [0.3, 0.4) is 0 Å². The van der Waals surface area contributed by atoms with Crippen LogP contribution in [0.25, 0.3) is 0 Å². The zero-order valence-corrected chi connectivity index (χ0v) is 14.4. The van der Waals surface area contributed by atoms with Crippen molar-refractivity contribution in [1.82, 2.24) is 0 Å². The number of rotatable bonds is 7. The first kappa shape index (κ1) is 16.9. The molecule has 0 aliphatic heterocycles. The summed E-state index contributed by atoms with van der Waals surface area (Å²) in [5, 5.41) is 0. The molecule has 0 saturated heterocycles. The molecule has 0 aromatic heterocycles. The first-order valence-corrected chi connectivity index (χ1v) is 9.63. The molecule has 2 atom stereocenters. The fourth-order valence-electron chi connectivity index (χ4n) is 4.49. The van der Waals surface area contributed by atoms with Crippen molar-refractivity contribution in [3.05, 3.63) is 12.3 Å². The molecule has 0 aromatic rings. The van der Waals surface area contributed by atoms with Gasteiger partial charge in [0.25, 0.3) is 0 Å². The summed E-state index contributed by atoms with van der Waals surface area (Å²) in [6.45, 7) is 4.55. The molecular formula is C20H36O. The lowest BCUT2D eigenvalue weighted by Gasteiger charge is -2.38. The van der Waals surface area contributed by atoms with E-state index in [2.05, 4.69) is 19.9 Å². The van der Waals surface area contributed by atoms with E-state index < -0.39 is 0 Å². The molecule has 1 nitrogen and oxygen atoms in total. The standard InChI is InChI=1S/C20H36O/c1-3-5-6-15-21-20-10-7-9-19(16-20)18-13-11-17(8-4-2)12-14-18/h6,15,17-20H,3-5,7-14,16H2,1-2H3/t17-,18-,19-,20-/m1/s1. The molecule has 0 bridgehead atoms. The largest absolute Gasteiger partial charge is 0.498 e. The Labute approximate surface area is 132 Å². The summed E-state index contributed by atoms with van der Waals surface area (Å²) in [6, 6.07) is 0. The fourth-order valence-corrected chi connectivity index (χ4v) is 4.49. The average molecular weight is 293 g/mol. The maximum absolute atomic E-state index is 5.99. The Morgan fingerprint density at radius 1 is 0.905 bits per heavy atom. The molecule has 2 aliphatic rings. The van der Waals surface area contributed by atoms with Crippen LogP contribution in [-0.4, -0.2) is 6.10 Å². The Balaban J connectivity index is 1.71. The monoisotopic (exact) mass is 292 g/mol. The second-order valence-corrected chi connectivity index (χ2v) is 7.41. The van der Waals surface area contributed by atoms with E-state index in [1.807, 2.05) is 6.26 Å². The van der Waals surface area contributed by atoms with E-state index in [9.17, 15) is 0 Å². The lowest BCUT2D eigenvalue weighted by molar-refractivity contribution is 0.0511. The Morgan fingerprint density at radius 3 is 2.43 bits per heavy atom. The molecule has 2 rings (SSSR count). The molecule has 0 radical (unpaired) electrons. The molecule has 0 unspecified atom stereocenters. The Hall–Kier alpha value is -0.460. The van der Waals surface area contributed by atoms with Crippen molar-refractivity contribution in [2.75, 3.05) is 0 Å². The van der Waals surface area contributed by atoms with Gasteiger partial charge < -0.3 is 4.74 Å². The van der Waals surface area contributed by atoms with E-state index in [1.165, 1.54) is 70.6 Å². The molecule has 21 heavy (non-hydrogen) atoms. The van der Waals surface area contributed by atoms with E-state index >= 15 is 0 Å². The number of hydrogen-bond acceptors (Lipinski definition) is 1. The van der Waals surface area contributed by atoms with E-state index in [-0.39, 0.29) is 0 Å². The zero-order chi connectivity index (χ0) is 14.9. The molecule has 0 heterocycles. The van der Waals surface area contributed by atoms with E-state index in [4.69, 9.17) is 4.74 Å². The lowest BCUT2D eigenvalue weighted by Crippen LogP contribution is -2.29. The number of unbranched alkanes of at least 4 members (excludes halogenated alkanes) is 1. The minimum atomic E-state index is 0.505. The third kappa shape index (κ3) is 5.68. The molecule has 0 aromatic carbocycles. The number of hydrogen-bond donors (Lipinski definition) is 0. The second kappa shape index (κ2) is 9.54. The van der Waals surface area contributed by atoms with Crippen LogP contribution in [0.5, 0.6) is 0 Å². The van der Waals surface area contributed by atoms with Gasteiger partial charge in [0, 0.05) is 0 Å². The molecular weight excluding hydrogens is 256 g/mol. The van der Waals surface area contributed by atoms with Gasteiger partial charge in [0.2, 0.25) is 0 Å². The number of allylic oxidation sites excluding steroid dienone is 1. The summed E-state index contributed by atoms with van der Waals surface area (Å²) in [5.41, 5.74) is 0. The maximum atomic E-state index is 5.99. The van der Waals surface area contributed by atoms with Gasteiger partial charge >= 0.3 is 0 Å². The summed E-state index contributed by atoms with van der Waals surface area (Å²) >= 11 is 0. The van der Waals surface area contributed by atoms with Gasteiger partial charge in [0.1, 0.15) is 0 Å². The highest BCUT2D eigenvalue weighted by Gasteiger charge is 2.31. The number of ether oxygens (including phenoxy) is 1. The Kier molecular flexibility index (Phi) is 7.68. The van der Waals surface area contributed by atoms with Gasteiger partial charge in [-0.1, -0.05) is 46.0 Å². The van der Waals surface area contributed by atoms with Crippen molar-refractivity contribution in [2.24, 2.45) is 17.8 Å². The molecule has 2 aliphatic carbocycles. The van der Waals surface area contributed by atoms with Gasteiger partial charge in [-0.05, 0) is 68.8 Å². The minimum Gasteiger partial charge on any atom is -0.498 e. The van der Waals surface area contributed by atoms with Gasteiger partial charge in [0.15, 0.2) is 0 Å². The Bertz CT molecular complexity index is 288. The predicted octanol–water partition coefficient (Wildman–Crippen LogP) is 6.48. The summed E-state index contributed by atoms with van der Waals surface area (Å²) < 4.78 is 5.99. The van der Waals surface area contributed by atoms with Crippen molar-refractivity contribution in [3.8, 4) is 0 Å². The van der Waals surface area contributed by atoms with Crippen LogP contribution in [0.4, 0.5) is 0 Å². The smallest absolute Gasteiger partial charge is 0.0981 e. The van der Waals surface area contributed by atoms with E-state index in [0.29, 0.717) is 6.10 Å². The van der Waals surface area contributed by atoms with Crippen molar-refractivity contribution in [3.63, 3.8) is 0 Å². The van der Waals surface area contributed by atoms with Crippen LogP contribution < -0.4 is 0 Å². The average Bonchev–Trinajstić information content (AvgIpc) is 2.53. The summed E-state index contributed by atoms with van der Waals surface area (Å²) in [5.74, 6) is 2.99. The van der Waals surface area contributed by atoms with Crippen LogP contribution in [0, 0.1) is 17.8 Å². The Morgan fingerprint density at radius 2 is 1.71 bits per heavy atom. The van der Waals surface area contributed by atoms with Crippen LogP contribution >= 0.6 is 0 Å². The molecule has 2 fully saturated rings. The topological polar surface area (TPSA) is 9.23 Å². The van der Waals surface area contributed by atoms with Gasteiger partial charge in [0.05, 0.1) is 12.4 Å². The third-order valence-corrected chi connectivity index (χ3v) is 5.74. The maximum Gasteiger partial charge on any atom is 0.0981 e. The van der Waals surface area contributed by atoms with Crippen molar-refractivity contribution in [1.29, 1.82) is 0 Å². The molecule has 2 saturated carbocycles. The van der Waals surface area contributed by atoms with Gasteiger partial charge in [-0.2, -0.15) is 0 Å². The zero-order valence-electron chi connectivity index (χ0n) is 14.4. The SMILES string of the molecule is CCCC=CO[C@@H]1CCC[C@@H]([C@H]2CC[C@H](CCC)CC2)C1. The van der Waals surface area contributed by atoms with Gasteiger partial charge in [-0.15, -0.1) is 0 Å². The quantitative estimate of drug-likeness (QED) is 0.488. The first-order valence-electron chi connectivity index (χ1n) is 9.63. The fraction of sp³-hybridized carbons (Fsp3) is 0.900. The molecule has 1 heteroatoms. The van der Waals surface area contributed by atoms with Crippen molar-refractivity contribution in [2.45, 2.75) is 97.0 Å². The highest BCUT2D eigenvalue weighted by atomic mass is 16.5. The normalized spacial score (nSPS) is 34.2. The van der Waals surface area contributed by atoms with Crippen LogP contribution in [0.1, 0.15) is 90.9 Å². The van der Waals surface area contributed by atoms with E-state index in [0.717, 1.165) is 24.2 Å². The van der Waals surface area contributed by atoms with E-state index in [1.54, 1.807) is 0 Å². The minimum absolute atomic E-state index is 0.505.